The van der Waals surface area contributed by atoms with Crippen molar-refractivity contribution in [2.75, 3.05) is 13.1 Å². The number of hydrogen-bond donors (Lipinski definition) is 0. The lowest BCUT2D eigenvalue weighted by Gasteiger charge is -2.34. The summed E-state index contributed by atoms with van der Waals surface area (Å²) in [5.74, 6) is 0.135. The quantitative estimate of drug-likeness (QED) is 0.560. The molecule has 1 fully saturated rings. The van der Waals surface area contributed by atoms with Gasteiger partial charge in [-0.1, -0.05) is 25.4 Å². The molecule has 3 rings (SSSR count). The lowest BCUT2D eigenvalue weighted by Crippen LogP contribution is -2.42. The molecule has 1 aliphatic heterocycles. The lowest BCUT2D eigenvalue weighted by molar-refractivity contribution is 0.0197. The van der Waals surface area contributed by atoms with Crippen molar-refractivity contribution in [3.05, 3.63) is 27.6 Å². The molecular weight excluding hydrogens is 420 g/mol. The zero-order valence-electron chi connectivity index (χ0n) is 15.9. The minimum Gasteiger partial charge on any atom is -0.444 e. The monoisotopic (exact) mass is 444 g/mol. The molecule has 0 N–H and O–H groups in total. The summed E-state index contributed by atoms with van der Waals surface area (Å²) in [4.78, 5) is 18.8. The van der Waals surface area contributed by atoms with Crippen LogP contribution >= 0.6 is 27.5 Å². The van der Waals surface area contributed by atoms with Gasteiger partial charge in [-0.3, -0.25) is 0 Å². The summed E-state index contributed by atoms with van der Waals surface area (Å²) < 4.78 is 7.87. The third-order valence-corrected chi connectivity index (χ3v) is 4.73. The predicted octanol–water partition coefficient (Wildman–Crippen LogP) is 5.29. The molecule has 26 heavy (non-hydrogen) atoms. The molecule has 0 bridgehead atoms. The Kier molecular flexibility index (Phi) is 6.91. The Morgan fingerprint density at radius 1 is 1.38 bits per heavy atom. The van der Waals surface area contributed by atoms with Crippen molar-refractivity contribution in [1.82, 2.24) is 19.5 Å². The largest absolute Gasteiger partial charge is 0.444 e. The Hall–Kier alpha value is -1.34. The summed E-state index contributed by atoms with van der Waals surface area (Å²) in [6, 6.07) is 1.83. The molecule has 0 radical (unpaired) electrons. The van der Waals surface area contributed by atoms with Crippen LogP contribution in [0, 0.1) is 0 Å². The van der Waals surface area contributed by atoms with Crippen LogP contribution in [-0.2, 0) is 4.74 Å². The average Bonchev–Trinajstić information content (AvgIpc) is 2.97. The molecule has 0 saturated carbocycles. The molecule has 8 heteroatoms. The molecule has 0 aliphatic carbocycles. The smallest absolute Gasteiger partial charge is 0.410 e. The van der Waals surface area contributed by atoms with Crippen molar-refractivity contribution in [3.63, 3.8) is 0 Å². The molecule has 0 aromatic carbocycles. The first-order valence-corrected chi connectivity index (χ1v) is 10.1. The zero-order valence-corrected chi connectivity index (χ0v) is 18.3. The third kappa shape index (κ3) is 4.88. The second kappa shape index (κ2) is 8.57. The minimum atomic E-state index is -0.493. The maximum absolute atomic E-state index is 12.3. The molecule has 1 aliphatic rings. The van der Waals surface area contributed by atoms with Gasteiger partial charge < -0.3 is 9.64 Å². The first-order valence-electron chi connectivity index (χ1n) is 8.92. The molecule has 0 spiro atoms. The minimum absolute atomic E-state index is 0.135. The number of halogens is 2. The number of piperidine rings is 1. The number of aromatic nitrogens is 3. The maximum Gasteiger partial charge on any atom is 0.410 e. The van der Waals surface area contributed by atoms with E-state index < -0.39 is 5.60 Å². The number of fused-ring (bicyclic) bond motifs is 1. The van der Waals surface area contributed by atoms with Crippen molar-refractivity contribution < 1.29 is 9.53 Å². The van der Waals surface area contributed by atoms with Crippen molar-refractivity contribution >= 4 is 39.3 Å². The predicted molar refractivity (Wildman–Crippen MR) is 107 cm³/mol. The summed E-state index contributed by atoms with van der Waals surface area (Å²) in [5, 5.41) is 4.69. The van der Waals surface area contributed by atoms with Crippen molar-refractivity contribution in [2.24, 2.45) is 0 Å². The van der Waals surface area contributed by atoms with Gasteiger partial charge in [0.2, 0.25) is 0 Å². The Bertz CT molecular complexity index is 772. The average molecular weight is 446 g/mol. The molecule has 1 atom stereocenters. The van der Waals surface area contributed by atoms with E-state index in [4.69, 9.17) is 16.3 Å². The number of ether oxygens (including phenoxy) is 1. The van der Waals surface area contributed by atoms with Crippen LogP contribution in [0.1, 0.15) is 59.1 Å². The zero-order chi connectivity index (χ0) is 19.5. The van der Waals surface area contributed by atoms with E-state index in [9.17, 15) is 4.79 Å². The van der Waals surface area contributed by atoms with E-state index in [-0.39, 0.29) is 12.0 Å². The number of carbonyl (C=O) groups excluding carboxylic acids is 1. The second-order valence-electron chi connectivity index (χ2n) is 7.00. The molecule has 1 unspecified atom stereocenters. The summed E-state index contributed by atoms with van der Waals surface area (Å²) in [7, 11) is 0. The Balaban J connectivity index is 0.00000117. The summed E-state index contributed by atoms with van der Waals surface area (Å²) in [6.45, 7) is 10.9. The van der Waals surface area contributed by atoms with Gasteiger partial charge in [-0.25, -0.2) is 14.3 Å². The van der Waals surface area contributed by atoms with Crippen molar-refractivity contribution in [2.45, 2.75) is 59.0 Å². The second-order valence-corrected chi connectivity index (χ2v) is 8.24. The highest BCUT2D eigenvalue weighted by atomic mass is 79.9. The van der Waals surface area contributed by atoms with Crippen LogP contribution in [0.3, 0.4) is 0 Å². The van der Waals surface area contributed by atoms with E-state index in [1.54, 1.807) is 15.6 Å². The molecule has 2 aromatic heterocycles. The first kappa shape index (κ1) is 21.0. The van der Waals surface area contributed by atoms with E-state index in [1.165, 1.54) is 0 Å². The van der Waals surface area contributed by atoms with Gasteiger partial charge in [0, 0.05) is 19.0 Å². The van der Waals surface area contributed by atoms with Crippen LogP contribution < -0.4 is 0 Å². The number of likely N-dealkylation sites (tertiary alicyclic amines) is 1. The first-order chi connectivity index (χ1) is 12.2. The normalized spacial score (nSPS) is 17.7. The van der Waals surface area contributed by atoms with Gasteiger partial charge in [-0.2, -0.15) is 5.10 Å². The summed E-state index contributed by atoms with van der Waals surface area (Å²) in [5.41, 5.74) is 1.07. The highest BCUT2D eigenvalue weighted by Gasteiger charge is 2.29. The van der Waals surface area contributed by atoms with Gasteiger partial charge in [0.15, 0.2) is 5.65 Å². The van der Waals surface area contributed by atoms with E-state index in [0.717, 1.165) is 23.0 Å². The topological polar surface area (TPSA) is 59.7 Å². The van der Waals surface area contributed by atoms with Crippen molar-refractivity contribution in [1.29, 1.82) is 0 Å². The molecule has 1 saturated heterocycles. The highest BCUT2D eigenvalue weighted by Crippen LogP contribution is 2.30. The van der Waals surface area contributed by atoms with E-state index in [2.05, 4.69) is 26.0 Å². The number of hydrogen-bond acceptors (Lipinski definition) is 4. The molecule has 1 amide bonds. The fraction of sp³-hybridized carbons (Fsp3) is 0.611. The lowest BCUT2D eigenvalue weighted by atomic mass is 9.95. The molecule has 2 aromatic rings. The van der Waals surface area contributed by atoms with E-state index in [0.29, 0.717) is 23.9 Å². The molecule has 3 heterocycles. The Labute approximate surface area is 168 Å². The molecular formula is C18H26BrClN4O2. The van der Waals surface area contributed by atoms with Gasteiger partial charge in [0.1, 0.15) is 10.8 Å². The van der Waals surface area contributed by atoms with Gasteiger partial charge >= 0.3 is 6.09 Å². The fourth-order valence-electron chi connectivity index (χ4n) is 2.84. The number of rotatable bonds is 1. The van der Waals surface area contributed by atoms with Crippen LogP contribution in [0.25, 0.3) is 5.65 Å². The van der Waals surface area contributed by atoms with Crippen LogP contribution in [-0.4, -0.2) is 44.3 Å². The van der Waals surface area contributed by atoms with Crippen LogP contribution in [0.2, 0.25) is 5.15 Å². The maximum atomic E-state index is 12.3. The van der Waals surface area contributed by atoms with Gasteiger partial charge in [0.25, 0.3) is 0 Å². The SMILES string of the molecule is CC.CC(C)(C)OC(=O)N1CCCC(c2cc(Cl)n3ncc(Br)c3n2)C1. The molecule has 6 nitrogen and oxygen atoms in total. The van der Waals surface area contributed by atoms with Crippen LogP contribution in [0.5, 0.6) is 0 Å². The number of amides is 1. The Morgan fingerprint density at radius 3 is 2.73 bits per heavy atom. The summed E-state index contributed by atoms with van der Waals surface area (Å²) >= 11 is 9.75. The fourth-order valence-corrected chi connectivity index (χ4v) is 3.42. The standard InChI is InChI=1S/C16H20BrClN4O2.C2H6/c1-16(2,3)24-15(23)21-6-4-5-10(9-21)12-7-13(18)22-14(20-12)11(17)8-19-22;1-2/h7-8,10H,4-6,9H2,1-3H3;1-2H3. The molecule has 144 valence electrons. The third-order valence-electron chi connectivity index (χ3n) is 3.90. The number of nitrogens with zero attached hydrogens (tertiary/aromatic N) is 4. The van der Waals surface area contributed by atoms with Gasteiger partial charge in [0.05, 0.1) is 16.4 Å². The van der Waals surface area contributed by atoms with Crippen LogP contribution in [0.15, 0.2) is 16.7 Å². The highest BCUT2D eigenvalue weighted by molar-refractivity contribution is 9.10. The summed E-state index contributed by atoms with van der Waals surface area (Å²) in [6.07, 6.45) is 3.27. The van der Waals surface area contributed by atoms with Gasteiger partial charge in [-0.15, -0.1) is 0 Å². The Morgan fingerprint density at radius 2 is 2.08 bits per heavy atom. The van der Waals surface area contributed by atoms with Crippen molar-refractivity contribution in [3.8, 4) is 0 Å². The number of carbonyl (C=O) groups is 1. The van der Waals surface area contributed by atoms with Crippen LogP contribution in [0.4, 0.5) is 4.79 Å². The van der Waals surface area contributed by atoms with Gasteiger partial charge in [-0.05, 0) is 55.6 Å². The van der Waals surface area contributed by atoms with E-state index >= 15 is 0 Å². The van der Waals surface area contributed by atoms with E-state index in [1.807, 2.05) is 40.7 Å².